The Morgan fingerprint density at radius 2 is 1.62 bits per heavy atom. The van der Waals surface area contributed by atoms with E-state index in [2.05, 4.69) is 0 Å². The molecule has 2 atom stereocenters. The Balaban J connectivity index is 2.65. The second-order valence-electron chi connectivity index (χ2n) is 3.72. The number of aliphatic hydroxyl groups excluding tert-OH is 2. The summed E-state index contributed by atoms with van der Waals surface area (Å²) in [5, 5.41) is 18.3. The van der Waals surface area contributed by atoms with Crippen LogP contribution in [-0.2, 0) is 0 Å². The van der Waals surface area contributed by atoms with Crippen molar-refractivity contribution < 1.29 is 23.4 Å². The van der Waals surface area contributed by atoms with Crippen molar-refractivity contribution in [1.82, 2.24) is 0 Å². The monoisotopic (exact) mass is 234 g/mol. The number of alkyl halides is 3. The third-order valence-electron chi connectivity index (χ3n) is 2.29. The van der Waals surface area contributed by atoms with Gasteiger partial charge in [0.05, 0.1) is 6.10 Å². The Morgan fingerprint density at radius 3 is 2.06 bits per heavy atom. The Morgan fingerprint density at radius 1 is 1.12 bits per heavy atom. The van der Waals surface area contributed by atoms with Gasteiger partial charge in [-0.3, -0.25) is 0 Å². The van der Waals surface area contributed by atoms with Gasteiger partial charge in [-0.1, -0.05) is 29.8 Å². The van der Waals surface area contributed by atoms with Crippen molar-refractivity contribution in [1.29, 1.82) is 0 Å². The molecule has 1 rings (SSSR count). The van der Waals surface area contributed by atoms with E-state index in [1.807, 2.05) is 6.92 Å². The van der Waals surface area contributed by atoms with Gasteiger partial charge >= 0.3 is 6.18 Å². The van der Waals surface area contributed by atoms with Crippen molar-refractivity contribution in [3.8, 4) is 0 Å². The molecule has 0 aliphatic rings. The Labute approximate surface area is 91.3 Å². The third-order valence-corrected chi connectivity index (χ3v) is 2.29. The molecule has 0 fully saturated rings. The molecule has 0 saturated heterocycles. The van der Waals surface area contributed by atoms with Crippen LogP contribution in [0.15, 0.2) is 24.3 Å². The predicted octanol–water partition coefficient (Wildman–Crippen LogP) is 2.34. The molecule has 1 aromatic rings. The molecule has 2 N–H and O–H groups in total. The van der Waals surface area contributed by atoms with E-state index < -0.39 is 24.8 Å². The summed E-state index contributed by atoms with van der Waals surface area (Å²) in [7, 11) is 0. The van der Waals surface area contributed by atoms with Gasteiger partial charge in [-0.2, -0.15) is 13.2 Å². The number of aliphatic hydroxyl groups is 2. The van der Waals surface area contributed by atoms with Gasteiger partial charge in [0, 0.05) is 6.42 Å². The lowest BCUT2D eigenvalue weighted by Gasteiger charge is -2.18. The van der Waals surface area contributed by atoms with Gasteiger partial charge in [0.2, 0.25) is 0 Å². The standard InChI is InChI=1S/C11H13F3O2/c1-7-2-4-8(5-3-7)9(15)6-10(16)11(12,13)14/h2-5,9-10,15-16H,6H2,1H3/t9-,10-/m0/s1. The van der Waals surface area contributed by atoms with Crippen molar-refractivity contribution in [2.75, 3.05) is 0 Å². The van der Waals surface area contributed by atoms with E-state index in [1.54, 1.807) is 24.3 Å². The molecule has 0 aliphatic carbocycles. The highest BCUT2D eigenvalue weighted by Crippen LogP contribution is 2.28. The number of aryl methyl sites for hydroxylation is 1. The van der Waals surface area contributed by atoms with E-state index in [1.165, 1.54) is 0 Å². The lowest BCUT2D eigenvalue weighted by Crippen LogP contribution is -2.30. The van der Waals surface area contributed by atoms with Crippen molar-refractivity contribution in [3.63, 3.8) is 0 Å². The largest absolute Gasteiger partial charge is 0.414 e. The molecule has 0 bridgehead atoms. The highest BCUT2D eigenvalue weighted by molar-refractivity contribution is 5.23. The molecule has 0 saturated carbocycles. The number of benzene rings is 1. The van der Waals surface area contributed by atoms with Gasteiger partial charge in [0.25, 0.3) is 0 Å². The molecule has 0 heterocycles. The summed E-state index contributed by atoms with van der Waals surface area (Å²) in [5.74, 6) is 0. The summed E-state index contributed by atoms with van der Waals surface area (Å²) < 4.78 is 36.1. The van der Waals surface area contributed by atoms with Gasteiger partial charge in [-0.15, -0.1) is 0 Å². The molecular formula is C11H13F3O2. The number of hydrogen-bond acceptors (Lipinski definition) is 2. The fraction of sp³-hybridized carbons (Fsp3) is 0.455. The van der Waals surface area contributed by atoms with Gasteiger partial charge in [0.15, 0.2) is 6.10 Å². The summed E-state index contributed by atoms with van der Waals surface area (Å²) in [6.07, 6.45) is -9.24. The van der Waals surface area contributed by atoms with Gasteiger partial charge in [-0.25, -0.2) is 0 Å². The highest BCUT2D eigenvalue weighted by atomic mass is 19.4. The molecule has 0 amide bonds. The summed E-state index contributed by atoms with van der Waals surface area (Å²) in [5.41, 5.74) is 1.32. The van der Waals surface area contributed by atoms with Crippen LogP contribution in [0.5, 0.6) is 0 Å². The van der Waals surface area contributed by atoms with E-state index in [-0.39, 0.29) is 0 Å². The van der Waals surface area contributed by atoms with E-state index in [9.17, 15) is 18.3 Å². The molecule has 0 aliphatic heterocycles. The second-order valence-corrected chi connectivity index (χ2v) is 3.72. The van der Waals surface area contributed by atoms with Crippen molar-refractivity contribution >= 4 is 0 Å². The van der Waals surface area contributed by atoms with Gasteiger partial charge in [-0.05, 0) is 12.5 Å². The van der Waals surface area contributed by atoms with E-state index in [0.717, 1.165) is 5.56 Å². The zero-order valence-corrected chi connectivity index (χ0v) is 8.70. The quantitative estimate of drug-likeness (QED) is 0.842. The van der Waals surface area contributed by atoms with Crippen molar-refractivity contribution in [3.05, 3.63) is 35.4 Å². The fourth-order valence-corrected chi connectivity index (χ4v) is 1.27. The van der Waals surface area contributed by atoms with E-state index in [4.69, 9.17) is 5.11 Å². The lowest BCUT2D eigenvalue weighted by atomic mass is 10.0. The maximum absolute atomic E-state index is 12.0. The van der Waals surface area contributed by atoms with Gasteiger partial charge < -0.3 is 10.2 Å². The molecule has 16 heavy (non-hydrogen) atoms. The first kappa shape index (κ1) is 13.0. The minimum Gasteiger partial charge on any atom is -0.388 e. The summed E-state index contributed by atoms with van der Waals surface area (Å²) >= 11 is 0. The minimum atomic E-state index is -4.69. The first-order valence-electron chi connectivity index (χ1n) is 4.80. The third kappa shape index (κ3) is 3.50. The molecule has 0 radical (unpaired) electrons. The first-order chi connectivity index (χ1) is 7.30. The molecular weight excluding hydrogens is 221 g/mol. The molecule has 1 aromatic carbocycles. The molecule has 2 nitrogen and oxygen atoms in total. The van der Waals surface area contributed by atoms with Crippen LogP contribution < -0.4 is 0 Å². The minimum absolute atomic E-state index is 0.369. The summed E-state index contributed by atoms with van der Waals surface area (Å²) in [6.45, 7) is 1.83. The van der Waals surface area contributed by atoms with Crippen molar-refractivity contribution in [2.24, 2.45) is 0 Å². The second kappa shape index (κ2) is 4.84. The Bertz CT molecular complexity index is 332. The zero-order chi connectivity index (χ0) is 12.3. The average Bonchev–Trinajstić information content (AvgIpc) is 2.17. The summed E-state index contributed by atoms with van der Waals surface area (Å²) in [4.78, 5) is 0. The van der Waals surface area contributed by atoms with Gasteiger partial charge in [0.1, 0.15) is 0 Å². The SMILES string of the molecule is Cc1ccc([C@@H](O)C[C@H](O)C(F)(F)F)cc1. The Kier molecular flexibility index (Phi) is 3.93. The van der Waals surface area contributed by atoms with Crippen LogP contribution in [0, 0.1) is 6.92 Å². The predicted molar refractivity (Wildman–Crippen MR) is 52.8 cm³/mol. The number of halogens is 3. The Hall–Kier alpha value is -1.07. The molecule has 0 spiro atoms. The van der Waals surface area contributed by atoms with Crippen molar-refractivity contribution in [2.45, 2.75) is 31.7 Å². The topological polar surface area (TPSA) is 40.5 Å². The average molecular weight is 234 g/mol. The molecule has 5 heteroatoms. The van der Waals surface area contributed by atoms with E-state index in [0.29, 0.717) is 5.56 Å². The van der Waals surface area contributed by atoms with E-state index >= 15 is 0 Å². The fourth-order valence-electron chi connectivity index (χ4n) is 1.27. The molecule has 0 aromatic heterocycles. The number of hydrogen-bond donors (Lipinski definition) is 2. The van der Waals surface area contributed by atoms with Crippen LogP contribution in [0.2, 0.25) is 0 Å². The first-order valence-corrected chi connectivity index (χ1v) is 4.80. The van der Waals surface area contributed by atoms with Crippen LogP contribution in [0.1, 0.15) is 23.7 Å². The maximum Gasteiger partial charge on any atom is 0.414 e. The molecule has 90 valence electrons. The summed E-state index contributed by atoms with van der Waals surface area (Å²) in [6, 6.07) is 6.48. The highest BCUT2D eigenvalue weighted by Gasteiger charge is 2.39. The van der Waals surface area contributed by atoms with Crippen LogP contribution in [0.3, 0.4) is 0 Å². The number of rotatable bonds is 3. The van der Waals surface area contributed by atoms with Crippen LogP contribution >= 0.6 is 0 Å². The zero-order valence-electron chi connectivity index (χ0n) is 8.70. The van der Waals surface area contributed by atoms with Crippen LogP contribution in [0.4, 0.5) is 13.2 Å². The smallest absolute Gasteiger partial charge is 0.388 e. The molecule has 0 unspecified atom stereocenters. The van der Waals surface area contributed by atoms with Crippen LogP contribution in [-0.4, -0.2) is 22.5 Å². The lowest BCUT2D eigenvalue weighted by molar-refractivity contribution is -0.211. The van der Waals surface area contributed by atoms with Crippen LogP contribution in [0.25, 0.3) is 0 Å². The normalized spacial score (nSPS) is 15.9. The maximum atomic E-state index is 12.0.